The van der Waals surface area contributed by atoms with Gasteiger partial charge in [-0.2, -0.15) is 9.78 Å². The molecule has 8 nitrogen and oxygen atoms in total. The van der Waals surface area contributed by atoms with Gasteiger partial charge in [-0.25, -0.2) is 15.0 Å². The molecule has 0 amide bonds. The first kappa shape index (κ1) is 16.9. The highest BCUT2D eigenvalue weighted by molar-refractivity contribution is 6.04. The molecule has 0 bridgehead atoms. The van der Waals surface area contributed by atoms with Crippen LogP contribution in [0, 0.1) is 0 Å². The second-order valence-electron chi connectivity index (χ2n) is 6.38. The third-order valence-corrected chi connectivity index (χ3v) is 4.53. The van der Waals surface area contributed by atoms with Crippen molar-refractivity contribution in [3.63, 3.8) is 0 Å². The fraction of sp³-hybridized carbons (Fsp3) is 0.0476. The van der Waals surface area contributed by atoms with E-state index in [1.54, 1.807) is 23.2 Å². The van der Waals surface area contributed by atoms with Crippen molar-refractivity contribution in [2.75, 3.05) is 0 Å². The second-order valence-corrected chi connectivity index (χ2v) is 6.38. The first-order valence-corrected chi connectivity index (χ1v) is 8.99. The Bertz CT molecular complexity index is 1470. The predicted octanol–water partition coefficient (Wildman–Crippen LogP) is 2.76. The Kier molecular flexibility index (Phi) is 3.94. The highest BCUT2D eigenvalue weighted by atomic mass is 16.1. The summed E-state index contributed by atoms with van der Waals surface area (Å²) < 4.78 is 3.02. The van der Waals surface area contributed by atoms with Crippen molar-refractivity contribution in [3.8, 4) is 0 Å². The maximum Gasteiger partial charge on any atom is 0.265 e. The van der Waals surface area contributed by atoms with Gasteiger partial charge in [0.25, 0.3) is 5.56 Å². The van der Waals surface area contributed by atoms with Gasteiger partial charge in [0.15, 0.2) is 11.3 Å². The van der Waals surface area contributed by atoms with Gasteiger partial charge in [-0.05, 0) is 24.3 Å². The van der Waals surface area contributed by atoms with Crippen LogP contribution in [0.25, 0.3) is 33.2 Å². The van der Waals surface area contributed by atoms with Crippen LogP contribution >= 0.6 is 0 Å². The van der Waals surface area contributed by atoms with Crippen molar-refractivity contribution >= 4 is 39.4 Å². The third-order valence-electron chi connectivity index (χ3n) is 4.53. The predicted molar refractivity (Wildman–Crippen MR) is 112 cm³/mol. The van der Waals surface area contributed by atoms with Gasteiger partial charge in [0.2, 0.25) is 0 Å². The zero-order valence-electron chi connectivity index (χ0n) is 15.3. The quantitative estimate of drug-likeness (QED) is 0.353. The Morgan fingerprint density at radius 3 is 2.55 bits per heavy atom. The zero-order valence-corrected chi connectivity index (χ0v) is 15.3. The van der Waals surface area contributed by atoms with Crippen LogP contribution < -0.4 is 5.56 Å². The molecule has 4 aromatic heterocycles. The van der Waals surface area contributed by atoms with E-state index < -0.39 is 0 Å². The largest absolute Gasteiger partial charge is 0.295 e. The molecule has 0 spiro atoms. The molecule has 29 heavy (non-hydrogen) atoms. The average molecular weight is 381 g/mol. The molecular weight excluding hydrogens is 366 g/mol. The number of fused-ring (bicyclic) bond motifs is 4. The lowest BCUT2D eigenvalue weighted by Gasteiger charge is -2.01. The minimum atomic E-state index is -0.212. The molecule has 8 heteroatoms. The Morgan fingerprint density at radius 2 is 1.79 bits per heavy atom. The minimum absolute atomic E-state index is 0.212. The van der Waals surface area contributed by atoms with Gasteiger partial charge < -0.3 is 0 Å². The van der Waals surface area contributed by atoms with E-state index in [1.165, 1.54) is 10.9 Å². The van der Waals surface area contributed by atoms with E-state index in [0.717, 1.165) is 0 Å². The van der Waals surface area contributed by atoms with Crippen LogP contribution in [0.2, 0.25) is 0 Å². The maximum absolute atomic E-state index is 13.1. The molecule has 4 heterocycles. The summed E-state index contributed by atoms with van der Waals surface area (Å²) in [6.45, 7) is 4.05. The van der Waals surface area contributed by atoms with Crippen LogP contribution in [0.1, 0.15) is 5.69 Å². The number of allylic oxidation sites excluding steroid dienone is 1. The van der Waals surface area contributed by atoms with E-state index >= 15 is 0 Å². The molecule has 0 saturated heterocycles. The lowest BCUT2D eigenvalue weighted by molar-refractivity contribution is 0.763. The summed E-state index contributed by atoms with van der Waals surface area (Å²) in [6.07, 6.45) is 6.42. The number of para-hydroxylation sites is 2. The van der Waals surface area contributed by atoms with E-state index in [4.69, 9.17) is 9.97 Å². The Hall–Kier alpha value is -4.20. The minimum Gasteiger partial charge on any atom is -0.295 e. The fourth-order valence-electron chi connectivity index (χ4n) is 3.20. The fourth-order valence-corrected chi connectivity index (χ4v) is 3.20. The molecule has 5 rings (SSSR count). The summed E-state index contributed by atoms with van der Waals surface area (Å²) in [5, 5.41) is 4.89. The Morgan fingerprint density at radius 1 is 1.00 bits per heavy atom. The standard InChI is InChI=1S/C21H15N7O/c1-2-11-27-13-23-19-17(21(27)29)18-20(26-16-9-4-3-8-15(16)25-18)28(19)24-12-14-7-5-6-10-22-14/h2-10,12-13H,1,11H2/b24-12-. The smallest absolute Gasteiger partial charge is 0.265 e. The molecule has 1 aromatic carbocycles. The van der Waals surface area contributed by atoms with Crippen molar-refractivity contribution < 1.29 is 0 Å². The zero-order chi connectivity index (χ0) is 19.8. The van der Waals surface area contributed by atoms with Crippen LogP contribution in [0.3, 0.4) is 0 Å². The van der Waals surface area contributed by atoms with Gasteiger partial charge in [0.1, 0.15) is 17.2 Å². The first-order valence-electron chi connectivity index (χ1n) is 8.99. The van der Waals surface area contributed by atoms with Gasteiger partial charge >= 0.3 is 0 Å². The molecular formula is C21H15N7O. The summed E-state index contributed by atoms with van der Waals surface area (Å²) in [5.74, 6) is 0. The molecule has 5 aromatic rings. The second kappa shape index (κ2) is 6.75. The molecule has 0 unspecified atom stereocenters. The number of pyridine rings is 1. The normalized spacial score (nSPS) is 11.7. The van der Waals surface area contributed by atoms with E-state index in [-0.39, 0.29) is 5.56 Å². The van der Waals surface area contributed by atoms with Crippen LogP contribution in [0.5, 0.6) is 0 Å². The maximum atomic E-state index is 13.1. The van der Waals surface area contributed by atoms with Crippen LogP contribution in [0.15, 0.2) is 77.5 Å². The molecule has 0 aliphatic rings. The van der Waals surface area contributed by atoms with Gasteiger partial charge in [0, 0.05) is 12.7 Å². The van der Waals surface area contributed by atoms with Gasteiger partial charge in [-0.15, -0.1) is 6.58 Å². The van der Waals surface area contributed by atoms with Gasteiger partial charge in [-0.3, -0.25) is 14.3 Å². The summed E-state index contributed by atoms with van der Waals surface area (Å²) in [4.78, 5) is 31.2. The molecule has 0 radical (unpaired) electrons. The molecule has 0 saturated carbocycles. The van der Waals surface area contributed by atoms with E-state index in [1.807, 2.05) is 42.5 Å². The van der Waals surface area contributed by atoms with Gasteiger partial charge in [0.05, 0.1) is 22.9 Å². The number of benzene rings is 1. The first-order chi connectivity index (χ1) is 14.3. The monoisotopic (exact) mass is 381 g/mol. The molecule has 0 N–H and O–H groups in total. The summed E-state index contributed by atoms with van der Waals surface area (Å²) in [6, 6.07) is 13.1. The summed E-state index contributed by atoms with van der Waals surface area (Å²) in [7, 11) is 0. The lowest BCUT2D eigenvalue weighted by atomic mass is 10.3. The number of nitrogens with zero attached hydrogens (tertiary/aromatic N) is 7. The van der Waals surface area contributed by atoms with Gasteiger partial charge in [-0.1, -0.05) is 24.3 Å². The SMILES string of the molecule is C=CCn1cnc2c(c1=O)c1nc3ccccc3nc1n2/N=C\c1ccccn1. The summed E-state index contributed by atoms with van der Waals surface area (Å²) >= 11 is 0. The van der Waals surface area contributed by atoms with Crippen LogP contribution in [-0.2, 0) is 6.54 Å². The topological polar surface area (TPSA) is 90.8 Å². The molecule has 0 atom stereocenters. The van der Waals surface area contributed by atoms with E-state index in [2.05, 4.69) is 21.6 Å². The van der Waals surface area contributed by atoms with Crippen molar-refractivity contribution in [2.45, 2.75) is 6.54 Å². The van der Waals surface area contributed by atoms with Crippen molar-refractivity contribution in [3.05, 3.63) is 83.7 Å². The molecule has 0 aliphatic heterocycles. The highest BCUT2D eigenvalue weighted by Crippen LogP contribution is 2.24. The van der Waals surface area contributed by atoms with Crippen LogP contribution in [-0.4, -0.2) is 35.4 Å². The number of hydrogen-bond acceptors (Lipinski definition) is 6. The Labute approximate surface area is 164 Å². The summed E-state index contributed by atoms with van der Waals surface area (Å²) in [5.41, 5.74) is 3.20. The van der Waals surface area contributed by atoms with Crippen molar-refractivity contribution in [2.24, 2.45) is 5.10 Å². The average Bonchev–Trinajstić information content (AvgIpc) is 3.06. The number of aromatic nitrogens is 6. The number of hydrogen-bond donors (Lipinski definition) is 0. The molecule has 0 fully saturated rings. The van der Waals surface area contributed by atoms with Crippen molar-refractivity contribution in [1.82, 2.24) is 29.2 Å². The van der Waals surface area contributed by atoms with Crippen molar-refractivity contribution in [1.29, 1.82) is 0 Å². The highest BCUT2D eigenvalue weighted by Gasteiger charge is 2.19. The van der Waals surface area contributed by atoms with E-state index in [0.29, 0.717) is 45.5 Å². The third kappa shape index (κ3) is 2.78. The molecule has 140 valence electrons. The number of rotatable bonds is 4. The molecule has 0 aliphatic carbocycles. The Balaban J connectivity index is 1.87. The van der Waals surface area contributed by atoms with E-state index in [9.17, 15) is 4.79 Å². The lowest BCUT2D eigenvalue weighted by Crippen LogP contribution is -2.19. The van der Waals surface area contributed by atoms with Crippen LogP contribution in [0.4, 0.5) is 0 Å².